The third-order valence-corrected chi connectivity index (χ3v) is 19.1. The Kier molecular flexibility index (Phi) is 21.4. The van der Waals surface area contributed by atoms with Gasteiger partial charge in [0.2, 0.25) is 19.0 Å². The van der Waals surface area contributed by atoms with Gasteiger partial charge in [-0.1, -0.05) is 75.4 Å². The molecule has 6 aliphatic heterocycles. The highest BCUT2D eigenvalue weighted by Crippen LogP contribution is 2.44. The molecule has 5 N–H and O–H groups in total. The number of carbonyl (C=O) groups is 8. The lowest BCUT2D eigenvalue weighted by Crippen LogP contribution is -2.49. The van der Waals surface area contributed by atoms with E-state index in [2.05, 4.69) is 5.32 Å². The van der Waals surface area contributed by atoms with Crippen molar-refractivity contribution in [3.63, 3.8) is 0 Å². The van der Waals surface area contributed by atoms with Crippen LogP contribution in [0, 0.1) is 0 Å². The van der Waals surface area contributed by atoms with E-state index in [1.807, 2.05) is 91.0 Å². The maximum Gasteiger partial charge on any atom is 0.490 e. The van der Waals surface area contributed by atoms with Crippen LogP contribution >= 0.6 is 0 Å². The van der Waals surface area contributed by atoms with Gasteiger partial charge in [-0.15, -0.1) is 0 Å². The SMILES string of the molecule is CC[C@@]1(O)C(=O)OCc2c1cc1n(c2=O)Cc2cc3ccccc3nc2-1.CC[C@@]1(OC(=O)CN(C)B(C)O)C(=O)OCc2c1cc1n(c2=O)Cc2cc3ccccc3nc2-1.CC[C@@]1(OC(=O)CNC)C(=O)OCc2c1cc1n(c2=O)Cc2cc3ccccc3nc2-1.O=C(O)C(F)(F)F.[B]C(=O)N(C)CC(=O)O. The molecule has 0 bridgehead atoms. The van der Waals surface area contributed by atoms with Gasteiger partial charge in [0.25, 0.3) is 16.7 Å². The van der Waals surface area contributed by atoms with Crippen LogP contribution < -0.4 is 22.0 Å². The van der Waals surface area contributed by atoms with E-state index in [0.29, 0.717) is 81.5 Å². The molecule has 6 aliphatic rings. The highest BCUT2D eigenvalue weighted by atomic mass is 19.4. The van der Waals surface area contributed by atoms with Gasteiger partial charge in [-0.3, -0.25) is 33.6 Å². The van der Waals surface area contributed by atoms with Crippen molar-refractivity contribution in [1.29, 1.82) is 0 Å². The van der Waals surface area contributed by atoms with Crippen LogP contribution in [0.1, 0.15) is 90.1 Å². The summed E-state index contributed by atoms with van der Waals surface area (Å²) in [5.41, 5.74) is 5.21. The van der Waals surface area contributed by atoms with E-state index in [-0.39, 0.29) is 75.4 Å². The zero-order valence-electron chi connectivity index (χ0n) is 58.6. The number of fused-ring (bicyclic) bond motifs is 15. The number of para-hydroxylation sites is 3. The van der Waals surface area contributed by atoms with Crippen molar-refractivity contribution in [1.82, 2.24) is 43.7 Å². The molecule has 3 aromatic carbocycles. The van der Waals surface area contributed by atoms with Gasteiger partial charge < -0.3 is 72.8 Å². The first-order valence-electron chi connectivity index (χ1n) is 33.5. The average molecular weight is 1470 g/mol. The average Bonchev–Trinajstić information content (AvgIpc) is 1.67. The van der Waals surface area contributed by atoms with E-state index in [1.54, 1.807) is 66.8 Å². The van der Waals surface area contributed by atoms with E-state index in [0.717, 1.165) is 60.0 Å². The summed E-state index contributed by atoms with van der Waals surface area (Å²) in [5, 5.41) is 41.4. The van der Waals surface area contributed by atoms with Gasteiger partial charge in [0.15, 0.2) is 11.4 Å². The van der Waals surface area contributed by atoms with Crippen molar-refractivity contribution in [2.45, 2.75) is 109 Å². The number of alkyl halides is 3. The number of likely N-dealkylation sites (N-methyl/N-ethyl adjacent to an activating group) is 3. The van der Waals surface area contributed by atoms with Crippen LogP contribution in [0.5, 0.6) is 0 Å². The van der Waals surface area contributed by atoms with Crippen molar-refractivity contribution in [2.24, 2.45) is 0 Å². The summed E-state index contributed by atoms with van der Waals surface area (Å²) in [6.07, 6.45) is -4.71. The minimum absolute atomic E-state index is 0.0648. The normalized spacial score (nSPS) is 17.7. The highest BCUT2D eigenvalue weighted by Gasteiger charge is 2.53. The van der Waals surface area contributed by atoms with Crippen LogP contribution in [0.2, 0.25) is 6.82 Å². The molecule has 9 aromatic rings. The Labute approximate surface area is 606 Å². The molecule has 29 nitrogen and oxygen atoms in total. The number of nitrogens with one attached hydrogen (secondary N) is 1. The fourth-order valence-corrected chi connectivity index (χ4v) is 13.3. The third-order valence-electron chi connectivity index (χ3n) is 19.1. The number of pyridine rings is 6. The number of halogens is 3. The zero-order valence-corrected chi connectivity index (χ0v) is 58.6. The standard InChI is InChI=1S/C24H24BN3O6.C23H21N3O5.C20H16N2O4.C4H6BNO3.C2HF3O2/c1-4-24(34-20(29)12-27(3)25(2)32)17-10-19-21-15(9-14-7-5-6-8-18(14)26-21)11-28(19)22(30)16(17)13-33-23(24)31;1-3-23(31-19(27)10-24-2)16-9-18-20-14(8-13-6-4-5-7-17(13)25-20)11-26(18)21(28)15(16)12-30-22(23)29;1-2-20(25)14-8-16-17-12(7-11-5-3-4-6-15(11)21-17)9-22(16)18(23)13(14)10-26-19(20)24;1-6(4(5)9)2-3(7)8;3-2(4,5)1(6)7/h5-10,32H,4,11-13H2,1-3H3;4-9,24H,3,10-12H2,1-2H3;3-8,25H,2,9-10H2,1H3;2H2,1H3,(H,7,8);(H,6,7)/t24-;23-;20-;;/m000../s1. The summed E-state index contributed by atoms with van der Waals surface area (Å²) < 4.78 is 63.7. The Balaban J connectivity index is 0.000000146. The molecule has 1 amide bonds. The number of benzene rings is 3. The second kappa shape index (κ2) is 30.0. The number of hydrogen-bond donors (Lipinski definition) is 5. The summed E-state index contributed by atoms with van der Waals surface area (Å²) >= 11 is 0. The fraction of sp³-hybridized carbons (Fsp3) is 0.315. The summed E-state index contributed by atoms with van der Waals surface area (Å²) in [6.45, 7) is 6.72. The zero-order chi connectivity index (χ0) is 77.5. The number of cyclic esters (lactones) is 3. The van der Waals surface area contributed by atoms with Crippen molar-refractivity contribution >= 4 is 95.2 Å². The van der Waals surface area contributed by atoms with Crippen LogP contribution in [0.4, 0.5) is 18.0 Å². The molecule has 107 heavy (non-hydrogen) atoms. The van der Waals surface area contributed by atoms with Gasteiger partial charge in [0.1, 0.15) is 26.4 Å². The highest BCUT2D eigenvalue weighted by molar-refractivity contribution is 6.57. The van der Waals surface area contributed by atoms with Crippen molar-refractivity contribution < 1.29 is 95.6 Å². The van der Waals surface area contributed by atoms with Gasteiger partial charge in [-0.2, -0.15) is 13.2 Å². The fourth-order valence-electron chi connectivity index (χ4n) is 13.3. The number of nitrogens with zero attached hydrogens (tertiary/aromatic N) is 8. The molecule has 15 rings (SSSR count). The lowest BCUT2D eigenvalue weighted by molar-refractivity contribution is -0.192. The van der Waals surface area contributed by atoms with Gasteiger partial charge in [-0.25, -0.2) is 34.1 Å². The number of hydrogen-bond acceptors (Lipinski definition) is 23. The molecule has 2 radical (unpaired) electrons. The first-order chi connectivity index (χ1) is 50.7. The Morgan fingerprint density at radius 3 is 1.26 bits per heavy atom. The molecule has 552 valence electrons. The maximum absolute atomic E-state index is 13.5. The third kappa shape index (κ3) is 14.4. The molecule has 0 saturated heterocycles. The van der Waals surface area contributed by atoms with Gasteiger partial charge in [0.05, 0.1) is 100 Å². The van der Waals surface area contributed by atoms with E-state index in [4.69, 9.17) is 61.5 Å². The monoisotopic (exact) mass is 1470 g/mol. The summed E-state index contributed by atoms with van der Waals surface area (Å²) in [6, 6.07) is 34.6. The van der Waals surface area contributed by atoms with Crippen LogP contribution in [0.15, 0.2) is 124 Å². The molecule has 12 heterocycles. The molecule has 6 aromatic heterocycles. The van der Waals surface area contributed by atoms with E-state index < -0.39 is 77.6 Å². The molecule has 3 atom stereocenters. The number of aromatic nitrogens is 6. The predicted molar refractivity (Wildman–Crippen MR) is 377 cm³/mol. The van der Waals surface area contributed by atoms with Crippen molar-refractivity contribution in [3.8, 4) is 34.2 Å². The quantitative estimate of drug-likeness (QED) is 0.0570. The smallest absolute Gasteiger partial charge is 0.480 e. The lowest BCUT2D eigenvalue weighted by atomic mass is 9.85. The van der Waals surface area contributed by atoms with Gasteiger partial charge in [0, 0.05) is 56.6 Å². The Morgan fingerprint density at radius 1 is 0.579 bits per heavy atom. The van der Waals surface area contributed by atoms with Crippen molar-refractivity contribution in [2.75, 3.05) is 40.8 Å². The van der Waals surface area contributed by atoms with Crippen LogP contribution in [0.25, 0.3) is 66.9 Å². The first kappa shape index (κ1) is 76.4. The largest absolute Gasteiger partial charge is 0.490 e. The minimum Gasteiger partial charge on any atom is -0.480 e. The van der Waals surface area contributed by atoms with Gasteiger partial charge >= 0.3 is 55.0 Å². The number of aliphatic carboxylic acids is 2. The van der Waals surface area contributed by atoms with Crippen molar-refractivity contribution in [3.05, 3.63) is 190 Å². The second-order valence-corrected chi connectivity index (χ2v) is 25.7. The maximum atomic E-state index is 13.5. The minimum atomic E-state index is -5.08. The number of carboxylic acid groups (broad SMARTS) is 2. The van der Waals surface area contributed by atoms with E-state index in [9.17, 15) is 71.2 Å². The number of carbonyl (C=O) groups excluding carboxylic acids is 6. The van der Waals surface area contributed by atoms with Crippen LogP contribution in [0.3, 0.4) is 0 Å². The first-order valence-corrected chi connectivity index (χ1v) is 33.5. The topological polar surface area (TPSA) is 387 Å². The molecule has 0 spiro atoms. The Bertz CT molecular complexity index is 5400. The molecule has 0 aliphatic carbocycles. The molecule has 0 fully saturated rings. The van der Waals surface area contributed by atoms with Gasteiger partial charge in [-0.05, 0) is 94.8 Å². The molecular formula is C73H68B2F3N9O20. The molecular weight excluding hydrogens is 1400 g/mol. The number of ether oxygens (including phenoxy) is 5. The predicted octanol–water partition coefficient (Wildman–Crippen LogP) is 5.53. The molecule has 0 unspecified atom stereocenters. The van der Waals surface area contributed by atoms with Crippen LogP contribution in [-0.2, 0) is 114 Å². The summed E-state index contributed by atoms with van der Waals surface area (Å²) in [4.78, 5) is 148. The summed E-state index contributed by atoms with van der Waals surface area (Å²) in [7, 11) is 8.32. The lowest BCUT2D eigenvalue weighted by Gasteiger charge is -2.36. The second-order valence-electron chi connectivity index (χ2n) is 25.7. The molecule has 34 heteroatoms. The molecule has 0 saturated carbocycles. The summed E-state index contributed by atoms with van der Waals surface area (Å²) in [5.74, 6) is -7.97. The number of amides is 1. The number of carboxylic acids is 2. The Morgan fingerprint density at radius 2 is 0.935 bits per heavy atom. The van der Waals surface area contributed by atoms with E-state index >= 15 is 0 Å². The Hall–Kier alpha value is -11.7. The van der Waals surface area contributed by atoms with Crippen LogP contribution in [-0.4, -0.2) is 168 Å². The number of rotatable bonds is 12. The number of esters is 5. The number of aliphatic hydroxyl groups is 1. The van der Waals surface area contributed by atoms with E-state index in [1.165, 1.54) is 18.7 Å².